The van der Waals surface area contributed by atoms with Crippen LogP contribution in [-0.4, -0.2) is 11.5 Å². The summed E-state index contributed by atoms with van der Waals surface area (Å²) in [5.41, 5.74) is -1.73. The minimum absolute atomic E-state index is 0.139. The van der Waals surface area contributed by atoms with E-state index in [0.717, 1.165) is 25.0 Å². The molecule has 7 heteroatoms. The Hall–Kier alpha value is -1.79. The normalized spacial score (nSPS) is 16.9. The number of nitro benzene ring substituents is 1. The molecular weight excluding hydrogens is 285 g/mol. The number of alkyl halides is 3. The van der Waals surface area contributed by atoms with E-state index in [4.69, 9.17) is 0 Å². The van der Waals surface area contributed by atoms with E-state index in [-0.39, 0.29) is 11.1 Å². The SMILES string of the molecule is CC(C)C1(CNc2ccc([N+](=O)[O-])c(C(F)(F)F)c2)CC1. The van der Waals surface area contributed by atoms with Gasteiger partial charge in [0.15, 0.2) is 0 Å². The third kappa shape index (κ3) is 3.28. The van der Waals surface area contributed by atoms with Crippen molar-refractivity contribution in [2.45, 2.75) is 32.9 Å². The molecule has 21 heavy (non-hydrogen) atoms. The van der Waals surface area contributed by atoms with Crippen molar-refractivity contribution in [3.8, 4) is 0 Å². The molecule has 116 valence electrons. The predicted molar refractivity (Wildman–Crippen MR) is 73.1 cm³/mol. The Morgan fingerprint density at radius 2 is 2.00 bits per heavy atom. The van der Waals surface area contributed by atoms with Gasteiger partial charge < -0.3 is 5.32 Å². The quantitative estimate of drug-likeness (QED) is 0.645. The molecule has 0 amide bonds. The van der Waals surface area contributed by atoms with Crippen LogP contribution in [0.3, 0.4) is 0 Å². The molecule has 0 spiro atoms. The van der Waals surface area contributed by atoms with Crippen LogP contribution in [0.15, 0.2) is 18.2 Å². The molecule has 0 atom stereocenters. The van der Waals surface area contributed by atoms with Gasteiger partial charge in [-0.15, -0.1) is 0 Å². The summed E-state index contributed by atoms with van der Waals surface area (Å²) in [5.74, 6) is 0.449. The summed E-state index contributed by atoms with van der Waals surface area (Å²) >= 11 is 0. The molecule has 0 aromatic heterocycles. The molecule has 0 heterocycles. The standard InChI is InChI=1S/C14H17F3N2O2/c1-9(2)13(5-6-13)8-18-10-3-4-12(19(20)21)11(7-10)14(15,16)17/h3-4,7,9,18H,5-6,8H2,1-2H3. The second-order valence-electron chi connectivity index (χ2n) is 5.86. The number of anilines is 1. The van der Waals surface area contributed by atoms with Crippen molar-refractivity contribution in [2.75, 3.05) is 11.9 Å². The Labute approximate surface area is 120 Å². The maximum absolute atomic E-state index is 12.9. The lowest BCUT2D eigenvalue weighted by Crippen LogP contribution is -2.21. The second-order valence-corrected chi connectivity index (χ2v) is 5.86. The van der Waals surface area contributed by atoms with Crippen LogP contribution >= 0.6 is 0 Å². The Kier molecular flexibility index (Phi) is 3.86. The van der Waals surface area contributed by atoms with E-state index < -0.39 is 22.4 Å². The molecule has 0 unspecified atom stereocenters. The van der Waals surface area contributed by atoms with E-state index in [1.807, 2.05) is 0 Å². The van der Waals surface area contributed by atoms with Crippen LogP contribution in [0.1, 0.15) is 32.3 Å². The van der Waals surface area contributed by atoms with Gasteiger partial charge in [-0.2, -0.15) is 13.2 Å². The van der Waals surface area contributed by atoms with Gasteiger partial charge in [-0.1, -0.05) is 13.8 Å². The van der Waals surface area contributed by atoms with E-state index in [2.05, 4.69) is 19.2 Å². The van der Waals surface area contributed by atoms with Crippen molar-refractivity contribution in [1.29, 1.82) is 0 Å². The largest absolute Gasteiger partial charge is 0.423 e. The molecule has 1 aliphatic rings. The molecule has 1 aromatic carbocycles. The average molecular weight is 302 g/mol. The van der Waals surface area contributed by atoms with Gasteiger partial charge in [0.25, 0.3) is 5.69 Å². The fourth-order valence-corrected chi connectivity index (χ4v) is 2.43. The van der Waals surface area contributed by atoms with Crippen LogP contribution in [-0.2, 0) is 6.18 Å². The zero-order valence-electron chi connectivity index (χ0n) is 11.8. The summed E-state index contributed by atoms with van der Waals surface area (Å²) < 4.78 is 38.6. The average Bonchev–Trinajstić information content (AvgIpc) is 3.16. The number of nitrogens with one attached hydrogen (secondary N) is 1. The van der Waals surface area contributed by atoms with Crippen molar-refractivity contribution in [3.05, 3.63) is 33.9 Å². The minimum atomic E-state index is -4.74. The summed E-state index contributed by atoms with van der Waals surface area (Å²) in [6.07, 6.45) is -2.64. The van der Waals surface area contributed by atoms with Gasteiger partial charge in [0.05, 0.1) is 4.92 Å². The summed E-state index contributed by atoms with van der Waals surface area (Å²) in [7, 11) is 0. The third-order valence-electron chi connectivity index (χ3n) is 4.26. The van der Waals surface area contributed by atoms with E-state index >= 15 is 0 Å². The molecule has 0 radical (unpaired) electrons. The molecular formula is C14H17F3N2O2. The summed E-state index contributed by atoms with van der Waals surface area (Å²) in [6, 6.07) is 3.04. The maximum Gasteiger partial charge on any atom is 0.423 e. The topological polar surface area (TPSA) is 55.2 Å². The van der Waals surface area contributed by atoms with Gasteiger partial charge in [-0.3, -0.25) is 10.1 Å². The maximum atomic E-state index is 12.9. The lowest BCUT2D eigenvalue weighted by Gasteiger charge is -2.21. The first-order valence-corrected chi connectivity index (χ1v) is 6.75. The lowest BCUT2D eigenvalue weighted by atomic mass is 9.92. The zero-order valence-corrected chi connectivity index (χ0v) is 11.8. The molecule has 0 bridgehead atoms. The first kappa shape index (κ1) is 15.6. The van der Waals surface area contributed by atoms with Crippen molar-refractivity contribution in [2.24, 2.45) is 11.3 Å². The number of halogens is 3. The highest BCUT2D eigenvalue weighted by Crippen LogP contribution is 2.51. The Balaban J connectivity index is 2.20. The van der Waals surface area contributed by atoms with Crippen LogP contribution in [0.4, 0.5) is 24.5 Å². The van der Waals surface area contributed by atoms with E-state index in [9.17, 15) is 23.3 Å². The summed E-state index contributed by atoms with van der Waals surface area (Å²) in [5, 5.41) is 13.7. The van der Waals surface area contributed by atoms with E-state index in [1.54, 1.807) is 0 Å². The number of hydrogen-bond donors (Lipinski definition) is 1. The van der Waals surface area contributed by atoms with E-state index in [0.29, 0.717) is 12.5 Å². The Morgan fingerprint density at radius 1 is 1.38 bits per heavy atom. The number of rotatable bonds is 5. The first-order valence-electron chi connectivity index (χ1n) is 6.75. The van der Waals surface area contributed by atoms with Crippen LogP contribution in [0.2, 0.25) is 0 Å². The molecule has 4 nitrogen and oxygen atoms in total. The first-order chi connectivity index (χ1) is 9.66. The molecule has 1 N–H and O–H groups in total. The highest BCUT2D eigenvalue weighted by Gasteiger charge is 2.45. The Morgan fingerprint density at radius 3 is 2.43 bits per heavy atom. The number of nitro groups is 1. The summed E-state index contributed by atoms with van der Waals surface area (Å²) in [4.78, 5) is 9.67. The van der Waals surface area contributed by atoms with Gasteiger partial charge in [0.2, 0.25) is 0 Å². The number of benzene rings is 1. The van der Waals surface area contributed by atoms with E-state index in [1.165, 1.54) is 6.07 Å². The monoisotopic (exact) mass is 302 g/mol. The third-order valence-corrected chi connectivity index (χ3v) is 4.26. The van der Waals surface area contributed by atoms with Crippen LogP contribution < -0.4 is 5.32 Å². The van der Waals surface area contributed by atoms with Crippen molar-refractivity contribution in [1.82, 2.24) is 0 Å². The van der Waals surface area contributed by atoms with Crippen molar-refractivity contribution < 1.29 is 18.1 Å². The summed E-state index contributed by atoms with van der Waals surface area (Å²) in [6.45, 7) is 4.76. The second kappa shape index (κ2) is 5.20. The molecule has 0 saturated heterocycles. The van der Waals surface area contributed by atoms with Crippen molar-refractivity contribution in [3.63, 3.8) is 0 Å². The van der Waals surface area contributed by atoms with Gasteiger partial charge in [-0.25, -0.2) is 0 Å². The zero-order chi connectivity index (χ0) is 15.8. The molecule has 1 saturated carbocycles. The molecule has 1 aliphatic carbocycles. The molecule has 1 aromatic rings. The smallest absolute Gasteiger partial charge is 0.384 e. The molecule has 0 aliphatic heterocycles. The fraction of sp³-hybridized carbons (Fsp3) is 0.571. The van der Waals surface area contributed by atoms with Gasteiger partial charge >= 0.3 is 6.18 Å². The molecule has 2 rings (SSSR count). The van der Waals surface area contributed by atoms with Crippen LogP contribution in [0, 0.1) is 21.4 Å². The lowest BCUT2D eigenvalue weighted by molar-refractivity contribution is -0.388. The number of nitrogens with zero attached hydrogens (tertiary/aromatic N) is 1. The minimum Gasteiger partial charge on any atom is -0.384 e. The van der Waals surface area contributed by atoms with Crippen LogP contribution in [0.25, 0.3) is 0 Å². The molecule has 1 fully saturated rings. The highest BCUT2D eigenvalue weighted by molar-refractivity contribution is 5.55. The predicted octanol–water partition coefficient (Wildman–Crippen LogP) is 4.46. The fourth-order valence-electron chi connectivity index (χ4n) is 2.43. The van der Waals surface area contributed by atoms with Gasteiger partial charge in [0, 0.05) is 18.3 Å². The van der Waals surface area contributed by atoms with Gasteiger partial charge in [-0.05, 0) is 36.3 Å². The van der Waals surface area contributed by atoms with Crippen molar-refractivity contribution >= 4 is 11.4 Å². The highest BCUT2D eigenvalue weighted by atomic mass is 19.4. The van der Waals surface area contributed by atoms with Gasteiger partial charge in [0.1, 0.15) is 5.56 Å². The number of hydrogen-bond acceptors (Lipinski definition) is 3. The Bertz CT molecular complexity index is 552. The van der Waals surface area contributed by atoms with Crippen LogP contribution in [0.5, 0.6) is 0 Å².